The molecule has 0 unspecified atom stereocenters. The first kappa shape index (κ1) is 15.6. The van der Waals surface area contributed by atoms with Gasteiger partial charge in [0, 0.05) is 12.7 Å². The Balaban J connectivity index is 1.85. The van der Waals surface area contributed by atoms with Crippen molar-refractivity contribution in [1.82, 2.24) is 15.1 Å². The van der Waals surface area contributed by atoms with Crippen molar-refractivity contribution in [1.29, 1.82) is 0 Å². The van der Waals surface area contributed by atoms with Gasteiger partial charge in [-0.3, -0.25) is 4.79 Å². The maximum absolute atomic E-state index is 12.0. The fraction of sp³-hybridized carbons (Fsp3) is 0.538. The summed E-state index contributed by atoms with van der Waals surface area (Å²) in [4.78, 5) is 25.1. The van der Waals surface area contributed by atoms with Crippen LogP contribution in [0.5, 0.6) is 0 Å². The van der Waals surface area contributed by atoms with Gasteiger partial charge in [0.25, 0.3) is 5.22 Å². The van der Waals surface area contributed by atoms with Crippen LogP contribution in [0, 0.1) is 0 Å². The molecule has 21 heavy (non-hydrogen) atoms. The second kappa shape index (κ2) is 7.26. The van der Waals surface area contributed by atoms with Gasteiger partial charge in [-0.25, -0.2) is 4.79 Å². The van der Waals surface area contributed by atoms with E-state index in [1.54, 1.807) is 18.9 Å². The molecule has 0 saturated heterocycles. The van der Waals surface area contributed by atoms with E-state index in [4.69, 9.17) is 9.15 Å². The zero-order valence-corrected chi connectivity index (χ0v) is 12.8. The molecule has 114 valence electrons. The molecule has 1 amide bonds. The van der Waals surface area contributed by atoms with Crippen molar-refractivity contribution >= 4 is 23.6 Å². The van der Waals surface area contributed by atoms with Gasteiger partial charge in [-0.2, -0.15) is 0 Å². The average Bonchev–Trinajstić information content (AvgIpc) is 3.15. The number of hydrogen-bond donors (Lipinski definition) is 0. The normalized spacial score (nSPS) is 13.9. The maximum Gasteiger partial charge on any atom is 0.396 e. The molecule has 1 aromatic heterocycles. The van der Waals surface area contributed by atoms with Gasteiger partial charge >= 0.3 is 11.9 Å². The molecule has 8 heteroatoms. The predicted molar refractivity (Wildman–Crippen MR) is 75.7 cm³/mol. The van der Waals surface area contributed by atoms with Crippen LogP contribution in [-0.2, 0) is 9.53 Å². The summed E-state index contributed by atoms with van der Waals surface area (Å²) in [6.45, 7) is 1.93. The number of hydrogen-bond acceptors (Lipinski definition) is 7. The van der Waals surface area contributed by atoms with Gasteiger partial charge in [-0.1, -0.05) is 22.9 Å². The first-order valence-corrected chi connectivity index (χ1v) is 7.69. The molecule has 0 atom stereocenters. The lowest BCUT2D eigenvalue weighted by Crippen LogP contribution is -2.26. The molecule has 1 aliphatic carbocycles. The third-order valence-electron chi connectivity index (χ3n) is 3.00. The highest BCUT2D eigenvalue weighted by Gasteiger charge is 2.19. The summed E-state index contributed by atoms with van der Waals surface area (Å²) in [6.07, 6.45) is 5.12. The van der Waals surface area contributed by atoms with Crippen molar-refractivity contribution in [2.75, 3.05) is 19.4 Å². The molecule has 0 bridgehead atoms. The van der Waals surface area contributed by atoms with E-state index in [-0.39, 0.29) is 29.4 Å². The van der Waals surface area contributed by atoms with Crippen LogP contribution in [0.2, 0.25) is 0 Å². The van der Waals surface area contributed by atoms with E-state index in [0.717, 1.165) is 36.7 Å². The molecule has 0 aliphatic heterocycles. The molecule has 0 N–H and O–H groups in total. The van der Waals surface area contributed by atoms with Gasteiger partial charge in [-0.15, -0.1) is 5.10 Å². The number of rotatable bonds is 6. The molecule has 1 heterocycles. The highest BCUT2D eigenvalue weighted by atomic mass is 32.2. The zero-order valence-electron chi connectivity index (χ0n) is 12.0. The standard InChI is InChI=1S/C13H17N3O4S/c1-3-19-12(18)11-14-15-13(20-11)21-8-10(17)16(2)9-6-4-5-7-9/h6H,3-5,7-8H2,1-2H3. The highest BCUT2D eigenvalue weighted by Crippen LogP contribution is 2.22. The Labute approximate surface area is 126 Å². The lowest BCUT2D eigenvalue weighted by molar-refractivity contribution is -0.125. The number of carbonyl (C=O) groups excluding carboxylic acids is 2. The van der Waals surface area contributed by atoms with Crippen LogP contribution in [0.25, 0.3) is 0 Å². The Morgan fingerprint density at radius 1 is 1.48 bits per heavy atom. The molecular formula is C13H17N3O4S. The second-order valence-electron chi connectivity index (χ2n) is 4.42. The number of thioether (sulfide) groups is 1. The van der Waals surface area contributed by atoms with Crippen LogP contribution >= 0.6 is 11.8 Å². The number of nitrogens with zero attached hydrogens (tertiary/aromatic N) is 3. The number of aromatic nitrogens is 2. The van der Waals surface area contributed by atoms with Crippen molar-refractivity contribution < 1.29 is 18.7 Å². The van der Waals surface area contributed by atoms with Crippen LogP contribution in [0.1, 0.15) is 36.9 Å². The largest absolute Gasteiger partial charge is 0.459 e. The monoisotopic (exact) mass is 311 g/mol. The lowest BCUT2D eigenvalue weighted by Gasteiger charge is -2.17. The lowest BCUT2D eigenvalue weighted by atomic mass is 10.3. The summed E-state index contributed by atoms with van der Waals surface area (Å²) in [7, 11) is 1.76. The first-order valence-electron chi connectivity index (χ1n) is 6.70. The van der Waals surface area contributed by atoms with E-state index in [0.29, 0.717) is 0 Å². The van der Waals surface area contributed by atoms with Crippen molar-refractivity contribution in [2.45, 2.75) is 31.4 Å². The summed E-state index contributed by atoms with van der Waals surface area (Å²) in [5, 5.41) is 7.48. The summed E-state index contributed by atoms with van der Waals surface area (Å²) < 4.78 is 9.88. The number of carbonyl (C=O) groups is 2. The van der Waals surface area contributed by atoms with Crippen molar-refractivity contribution in [3.63, 3.8) is 0 Å². The quantitative estimate of drug-likeness (QED) is 0.585. The fourth-order valence-corrected chi connectivity index (χ4v) is 2.56. The second-order valence-corrected chi connectivity index (χ2v) is 5.35. The van der Waals surface area contributed by atoms with Crippen LogP contribution < -0.4 is 0 Å². The molecule has 0 fully saturated rings. The molecule has 0 radical (unpaired) electrons. The number of allylic oxidation sites excluding steroid dienone is 2. The van der Waals surface area contributed by atoms with Crippen molar-refractivity contribution in [3.05, 3.63) is 17.7 Å². The third kappa shape index (κ3) is 4.07. The Hall–Kier alpha value is -1.83. The molecule has 0 saturated carbocycles. The maximum atomic E-state index is 12.0. The van der Waals surface area contributed by atoms with E-state index in [2.05, 4.69) is 16.3 Å². The Kier molecular flexibility index (Phi) is 5.38. The van der Waals surface area contributed by atoms with Gasteiger partial charge in [-0.05, 0) is 26.2 Å². The smallest absolute Gasteiger partial charge is 0.396 e. The van der Waals surface area contributed by atoms with E-state index in [9.17, 15) is 9.59 Å². The number of ether oxygens (including phenoxy) is 1. The van der Waals surface area contributed by atoms with Gasteiger partial charge in [0.15, 0.2) is 0 Å². The first-order chi connectivity index (χ1) is 10.1. The minimum atomic E-state index is -0.656. The van der Waals surface area contributed by atoms with E-state index < -0.39 is 5.97 Å². The highest BCUT2D eigenvalue weighted by molar-refractivity contribution is 7.99. The topological polar surface area (TPSA) is 85.5 Å². The Bertz CT molecular complexity index is 555. The van der Waals surface area contributed by atoms with E-state index >= 15 is 0 Å². The van der Waals surface area contributed by atoms with Crippen LogP contribution in [-0.4, -0.2) is 46.4 Å². The van der Waals surface area contributed by atoms with E-state index in [1.165, 1.54) is 0 Å². The van der Waals surface area contributed by atoms with Crippen LogP contribution in [0.3, 0.4) is 0 Å². The Morgan fingerprint density at radius 2 is 2.29 bits per heavy atom. The molecule has 1 aromatic rings. The molecule has 7 nitrogen and oxygen atoms in total. The van der Waals surface area contributed by atoms with Crippen molar-refractivity contribution in [3.8, 4) is 0 Å². The third-order valence-corrected chi connectivity index (χ3v) is 3.80. The minimum Gasteiger partial charge on any atom is -0.459 e. The van der Waals surface area contributed by atoms with E-state index in [1.807, 2.05) is 0 Å². The van der Waals surface area contributed by atoms with Crippen LogP contribution in [0.15, 0.2) is 21.4 Å². The number of amides is 1. The molecule has 0 aromatic carbocycles. The van der Waals surface area contributed by atoms with Gasteiger partial charge in [0.2, 0.25) is 5.91 Å². The van der Waals surface area contributed by atoms with Gasteiger partial charge in [0.1, 0.15) is 0 Å². The SMILES string of the molecule is CCOC(=O)c1nnc(SCC(=O)N(C)C2=CCCC2)o1. The van der Waals surface area contributed by atoms with Gasteiger partial charge in [0.05, 0.1) is 12.4 Å². The van der Waals surface area contributed by atoms with Gasteiger partial charge < -0.3 is 14.1 Å². The fourth-order valence-electron chi connectivity index (χ4n) is 1.88. The molecule has 0 spiro atoms. The summed E-state index contributed by atoms with van der Waals surface area (Å²) >= 11 is 1.11. The van der Waals surface area contributed by atoms with Crippen LogP contribution in [0.4, 0.5) is 0 Å². The summed E-state index contributed by atoms with van der Waals surface area (Å²) in [5.74, 6) is -0.711. The average molecular weight is 311 g/mol. The molecule has 2 rings (SSSR count). The summed E-state index contributed by atoms with van der Waals surface area (Å²) in [6, 6.07) is 0. The zero-order chi connectivity index (χ0) is 15.2. The minimum absolute atomic E-state index is 0.0379. The Morgan fingerprint density at radius 3 is 2.95 bits per heavy atom. The van der Waals surface area contributed by atoms with Crippen molar-refractivity contribution in [2.24, 2.45) is 0 Å². The summed E-state index contributed by atoms with van der Waals surface area (Å²) in [5.41, 5.74) is 1.05. The number of esters is 1. The molecular weight excluding hydrogens is 294 g/mol. The molecule has 1 aliphatic rings. The predicted octanol–water partition coefficient (Wildman–Crippen LogP) is 1.86.